The Morgan fingerprint density at radius 2 is 1.81 bits per heavy atom. The normalized spacial score (nSPS) is 19.5. The van der Waals surface area contributed by atoms with Crippen LogP contribution < -0.4 is 15.3 Å². The zero-order valence-electron chi connectivity index (χ0n) is 17.6. The predicted molar refractivity (Wildman–Crippen MR) is 115 cm³/mol. The molecule has 0 radical (unpaired) electrons. The highest BCUT2D eigenvalue weighted by atomic mass is 19.1. The summed E-state index contributed by atoms with van der Waals surface area (Å²) >= 11 is 0. The molecule has 8 heteroatoms. The Hall–Kier alpha value is -2.81. The highest BCUT2D eigenvalue weighted by Gasteiger charge is 2.27. The lowest BCUT2D eigenvalue weighted by Crippen LogP contribution is -2.46. The maximum Gasteiger partial charge on any atom is 0.270 e. The minimum absolute atomic E-state index is 0.0949. The number of anilines is 1. The van der Waals surface area contributed by atoms with E-state index in [0.29, 0.717) is 17.3 Å². The lowest BCUT2D eigenvalue weighted by Gasteiger charge is -2.32. The van der Waals surface area contributed by atoms with Gasteiger partial charge in [-0.15, -0.1) is 0 Å². The van der Waals surface area contributed by atoms with Crippen LogP contribution in [0.3, 0.4) is 0 Å². The fourth-order valence-electron chi connectivity index (χ4n) is 4.62. The molecule has 3 aliphatic rings. The molecule has 1 fully saturated rings. The minimum atomic E-state index is -0.418. The summed E-state index contributed by atoms with van der Waals surface area (Å²) < 4.78 is 13.3. The number of hydrogen-bond donors (Lipinski definition) is 1. The van der Waals surface area contributed by atoms with Gasteiger partial charge in [0.15, 0.2) is 0 Å². The number of aromatic nitrogens is 1. The zero-order chi connectivity index (χ0) is 21.5. The second-order valence-electron chi connectivity index (χ2n) is 8.58. The van der Waals surface area contributed by atoms with Crippen molar-refractivity contribution in [2.75, 3.05) is 51.2 Å². The zero-order valence-corrected chi connectivity index (χ0v) is 17.6. The number of hydrogen-bond acceptors (Lipinski definition) is 6. The van der Waals surface area contributed by atoms with Crippen molar-refractivity contribution in [3.8, 4) is 0 Å². The third kappa shape index (κ3) is 3.94. The van der Waals surface area contributed by atoms with Crippen LogP contribution in [0.1, 0.15) is 11.3 Å². The number of hydroxylamine groups is 2. The number of carbonyl (C=O) groups excluding carboxylic acids is 1. The van der Waals surface area contributed by atoms with Crippen molar-refractivity contribution in [1.82, 2.24) is 19.8 Å². The minimum Gasteiger partial charge on any atom is -0.361 e. The van der Waals surface area contributed by atoms with Gasteiger partial charge in [0.1, 0.15) is 5.82 Å². The molecule has 1 N–H and O–H groups in total. The summed E-state index contributed by atoms with van der Waals surface area (Å²) in [5, 5.41) is 12.4. The molecule has 5 rings (SSSR count). The first-order valence-corrected chi connectivity index (χ1v) is 10.6. The first-order valence-electron chi connectivity index (χ1n) is 10.6. The Kier molecular flexibility index (Phi) is 5.21. The average Bonchev–Trinajstić information content (AvgIpc) is 3.10. The number of benzene rings is 1. The van der Waals surface area contributed by atoms with Crippen LogP contribution in [0.4, 0.5) is 10.1 Å². The van der Waals surface area contributed by atoms with Crippen molar-refractivity contribution in [3.63, 3.8) is 0 Å². The van der Waals surface area contributed by atoms with Crippen LogP contribution in [0.2, 0.25) is 0 Å². The molecule has 31 heavy (non-hydrogen) atoms. The van der Waals surface area contributed by atoms with E-state index in [2.05, 4.69) is 26.7 Å². The quantitative estimate of drug-likeness (QED) is 0.707. The van der Waals surface area contributed by atoms with E-state index in [0.717, 1.165) is 61.0 Å². The summed E-state index contributed by atoms with van der Waals surface area (Å²) in [5.41, 5.74) is 3.98. The number of fused-ring (bicyclic) bond motifs is 3. The highest BCUT2D eigenvalue weighted by Crippen LogP contribution is 2.22. The number of amides is 1. The number of carbonyl (C=O) groups is 1. The molecule has 0 aliphatic carbocycles. The lowest BCUT2D eigenvalue weighted by molar-refractivity contribution is -0.161. The van der Waals surface area contributed by atoms with Gasteiger partial charge in [-0.05, 0) is 30.3 Å². The second kappa shape index (κ2) is 8.03. The lowest BCUT2D eigenvalue weighted by atomic mass is 10.1. The van der Waals surface area contributed by atoms with Crippen molar-refractivity contribution < 1.29 is 14.4 Å². The monoisotopic (exact) mass is 423 g/mol. The largest absolute Gasteiger partial charge is 0.361 e. The molecule has 1 amide bonds. The van der Waals surface area contributed by atoms with Gasteiger partial charge in [0, 0.05) is 62.3 Å². The van der Waals surface area contributed by atoms with E-state index in [-0.39, 0.29) is 12.4 Å². The fraction of sp³-hybridized carbons (Fsp3) is 0.391. The molecule has 3 aliphatic heterocycles. The van der Waals surface area contributed by atoms with Crippen molar-refractivity contribution in [3.05, 3.63) is 58.0 Å². The molecule has 4 heterocycles. The predicted octanol–water partition coefficient (Wildman–Crippen LogP) is 0.151. The molecule has 0 saturated carbocycles. The average molecular weight is 423 g/mol. The third-order valence-electron chi connectivity index (χ3n) is 6.37. The third-order valence-corrected chi connectivity index (χ3v) is 6.37. The Morgan fingerprint density at radius 1 is 1.06 bits per heavy atom. The smallest absolute Gasteiger partial charge is 0.270 e. The van der Waals surface area contributed by atoms with E-state index in [1.807, 2.05) is 6.20 Å². The molecule has 162 valence electrons. The number of rotatable bonds is 4. The Balaban J connectivity index is 1.54. The number of pyridine rings is 1. The summed E-state index contributed by atoms with van der Waals surface area (Å²) in [6, 6.07) is 6.57. The summed E-state index contributed by atoms with van der Waals surface area (Å²) in [5.74, 6) is -0.663. The van der Waals surface area contributed by atoms with E-state index in [4.69, 9.17) is 0 Å². The fourth-order valence-corrected chi connectivity index (χ4v) is 4.62. The van der Waals surface area contributed by atoms with E-state index in [9.17, 15) is 14.4 Å². The van der Waals surface area contributed by atoms with E-state index >= 15 is 0 Å². The van der Waals surface area contributed by atoms with Crippen molar-refractivity contribution >= 4 is 23.2 Å². The number of likely N-dealkylation sites (N-methyl/N-ethyl adjacent to an activating group) is 1. The molecule has 0 atom stereocenters. The first-order chi connectivity index (χ1) is 15.0. The van der Waals surface area contributed by atoms with Crippen LogP contribution in [0.15, 0.2) is 30.5 Å². The Morgan fingerprint density at radius 3 is 2.55 bits per heavy atom. The van der Waals surface area contributed by atoms with Crippen LogP contribution in [0.5, 0.6) is 0 Å². The molecule has 0 bridgehead atoms. The number of piperazine rings is 1. The van der Waals surface area contributed by atoms with Gasteiger partial charge in [-0.2, -0.15) is 0 Å². The van der Waals surface area contributed by atoms with Crippen molar-refractivity contribution in [1.29, 1.82) is 0 Å². The highest BCUT2D eigenvalue weighted by molar-refractivity contribution is 6.04. The van der Waals surface area contributed by atoms with Crippen LogP contribution in [-0.2, 0) is 17.9 Å². The molecule has 7 nitrogen and oxygen atoms in total. The van der Waals surface area contributed by atoms with Gasteiger partial charge in [0.2, 0.25) is 0 Å². The molecule has 1 aromatic heterocycles. The topological polar surface area (TPSA) is 63.1 Å². The summed E-state index contributed by atoms with van der Waals surface area (Å²) in [6.07, 6.45) is 3.34. The van der Waals surface area contributed by atoms with Crippen molar-refractivity contribution in [2.24, 2.45) is 0 Å². The van der Waals surface area contributed by atoms with Gasteiger partial charge in [-0.1, -0.05) is 12.1 Å². The summed E-state index contributed by atoms with van der Waals surface area (Å²) in [6.45, 7) is 6.40. The molecule has 1 aromatic carbocycles. The maximum absolute atomic E-state index is 13.3. The Labute approximate surface area is 180 Å². The maximum atomic E-state index is 13.3. The Bertz CT molecular complexity index is 1130. The molecule has 2 aromatic rings. The summed E-state index contributed by atoms with van der Waals surface area (Å²) in [7, 11) is 2.14. The van der Waals surface area contributed by atoms with E-state index in [1.54, 1.807) is 12.1 Å². The SMILES string of the molecule is CN1CCN(CC2=c3c(cnc4c3=CC(=O)N(O)C4)N(Cc3ccc(F)cc3)C2)CC1. The van der Waals surface area contributed by atoms with Crippen LogP contribution in [0, 0.1) is 5.82 Å². The van der Waals surface area contributed by atoms with Crippen LogP contribution in [-0.4, -0.2) is 77.3 Å². The van der Waals surface area contributed by atoms with Gasteiger partial charge >= 0.3 is 0 Å². The molecule has 0 spiro atoms. The van der Waals surface area contributed by atoms with Gasteiger partial charge in [0.25, 0.3) is 5.91 Å². The van der Waals surface area contributed by atoms with Gasteiger partial charge < -0.3 is 9.80 Å². The summed E-state index contributed by atoms with van der Waals surface area (Å²) in [4.78, 5) is 23.8. The van der Waals surface area contributed by atoms with Crippen molar-refractivity contribution in [2.45, 2.75) is 13.1 Å². The van der Waals surface area contributed by atoms with Crippen LogP contribution in [0.25, 0.3) is 11.6 Å². The molecular formula is C23H26FN5O2. The molecule has 0 unspecified atom stereocenters. The van der Waals surface area contributed by atoms with Gasteiger partial charge in [0.05, 0.1) is 24.1 Å². The van der Waals surface area contributed by atoms with Crippen LogP contribution >= 0.6 is 0 Å². The second-order valence-corrected chi connectivity index (χ2v) is 8.58. The first kappa shape index (κ1) is 20.1. The number of halogens is 1. The van der Waals surface area contributed by atoms with Gasteiger partial charge in [-0.25, -0.2) is 9.45 Å². The van der Waals surface area contributed by atoms with E-state index < -0.39 is 5.91 Å². The standard InChI is InChI=1S/C23H26FN5O2/c1-26-6-8-27(9-7-26)13-17-14-28(12-16-2-4-18(24)5-3-16)21-11-25-20-15-29(31)22(30)10-19(20)23(17)21/h2-5,10-11,31H,6-9,12-15H2,1H3. The molecular weight excluding hydrogens is 397 g/mol. The molecule has 1 saturated heterocycles. The number of nitrogens with zero attached hydrogens (tertiary/aromatic N) is 5. The van der Waals surface area contributed by atoms with Gasteiger partial charge in [-0.3, -0.25) is 19.9 Å². The van der Waals surface area contributed by atoms with E-state index in [1.165, 1.54) is 23.8 Å².